The number of aldehydes is 1. The molecule has 0 bridgehead atoms. The number of rotatable bonds is 9. The second kappa shape index (κ2) is 9.89. The molecule has 0 spiro atoms. The lowest BCUT2D eigenvalue weighted by Crippen LogP contribution is -2.30. The van der Waals surface area contributed by atoms with Crippen LogP contribution in [0.15, 0.2) is 41.8 Å². The minimum absolute atomic E-state index is 0.305. The first kappa shape index (κ1) is 18.2. The molecule has 0 aliphatic rings. The van der Waals surface area contributed by atoms with E-state index in [2.05, 4.69) is 11.4 Å². The molecule has 0 fully saturated rings. The van der Waals surface area contributed by atoms with Crippen molar-refractivity contribution < 1.29 is 19.1 Å². The Kier molecular flexibility index (Phi) is 7.51. The van der Waals surface area contributed by atoms with Crippen LogP contribution in [0.25, 0.3) is 0 Å². The summed E-state index contributed by atoms with van der Waals surface area (Å²) in [5.74, 6) is 0.809. The zero-order valence-electron chi connectivity index (χ0n) is 12.9. The van der Waals surface area contributed by atoms with E-state index in [0.29, 0.717) is 24.0 Å². The topological polar surface area (TPSA) is 72.5 Å². The Hall–Kier alpha value is -2.12. The van der Waals surface area contributed by atoms with Gasteiger partial charge in [-0.25, -0.2) is 4.79 Å². The summed E-state index contributed by atoms with van der Waals surface area (Å²) in [6, 6.07) is 10.1. The van der Waals surface area contributed by atoms with Crippen molar-refractivity contribution in [3.8, 4) is 0 Å². The Morgan fingerprint density at radius 1 is 1.21 bits per heavy atom. The van der Waals surface area contributed by atoms with Crippen molar-refractivity contribution in [1.82, 2.24) is 5.32 Å². The van der Waals surface area contributed by atoms with Crippen LogP contribution in [0.4, 0.5) is 0 Å². The number of thioether (sulfide) groups is 1. The van der Waals surface area contributed by atoms with Gasteiger partial charge in [0, 0.05) is 28.5 Å². The summed E-state index contributed by atoms with van der Waals surface area (Å²) in [4.78, 5) is 35.2. The van der Waals surface area contributed by atoms with E-state index in [0.717, 1.165) is 11.5 Å². The molecule has 0 saturated carbocycles. The molecule has 0 aliphatic heterocycles. The molecule has 7 heteroatoms. The first-order chi connectivity index (χ1) is 11.7. The van der Waals surface area contributed by atoms with E-state index in [1.807, 2.05) is 11.4 Å². The standard InChI is InChI=1S/C17H17NO4S2/c19-10-13-3-5-14(6-4-13)17(21)22-11-16(20)18-7-9-23-12-15-2-1-8-24-15/h1-6,8,10H,7,9,11-12H2,(H,18,20). The summed E-state index contributed by atoms with van der Waals surface area (Å²) in [6.07, 6.45) is 0.693. The number of esters is 1. The third-order valence-corrected chi connectivity index (χ3v) is 5.08. The molecule has 1 aromatic heterocycles. The van der Waals surface area contributed by atoms with Gasteiger partial charge in [-0.15, -0.1) is 11.3 Å². The number of benzene rings is 1. The number of amides is 1. The number of carbonyl (C=O) groups is 3. The molecule has 5 nitrogen and oxygen atoms in total. The molecule has 126 valence electrons. The third kappa shape index (κ3) is 6.17. The molecule has 0 unspecified atom stereocenters. The Morgan fingerprint density at radius 3 is 2.67 bits per heavy atom. The maximum absolute atomic E-state index is 11.8. The minimum Gasteiger partial charge on any atom is -0.452 e. The van der Waals surface area contributed by atoms with E-state index in [1.165, 1.54) is 29.1 Å². The van der Waals surface area contributed by atoms with Crippen LogP contribution in [0.2, 0.25) is 0 Å². The highest BCUT2D eigenvalue weighted by Gasteiger charge is 2.09. The largest absolute Gasteiger partial charge is 0.452 e. The fourth-order valence-electron chi connectivity index (χ4n) is 1.79. The van der Waals surface area contributed by atoms with E-state index in [9.17, 15) is 14.4 Å². The van der Waals surface area contributed by atoms with E-state index < -0.39 is 5.97 Å². The van der Waals surface area contributed by atoms with Crippen molar-refractivity contribution in [3.05, 3.63) is 57.8 Å². The molecule has 0 saturated heterocycles. The Labute approximate surface area is 148 Å². The monoisotopic (exact) mass is 363 g/mol. The van der Waals surface area contributed by atoms with Gasteiger partial charge in [0.15, 0.2) is 6.61 Å². The molecule has 1 amide bonds. The smallest absolute Gasteiger partial charge is 0.338 e. The van der Waals surface area contributed by atoms with Crippen LogP contribution in [-0.2, 0) is 15.3 Å². The van der Waals surface area contributed by atoms with Crippen LogP contribution >= 0.6 is 23.1 Å². The minimum atomic E-state index is -0.588. The molecular formula is C17H17NO4S2. The predicted molar refractivity (Wildman–Crippen MR) is 95.6 cm³/mol. The lowest BCUT2D eigenvalue weighted by molar-refractivity contribution is -0.124. The second-order valence-corrected chi connectivity index (χ2v) is 6.94. The summed E-state index contributed by atoms with van der Waals surface area (Å²) in [5, 5.41) is 4.75. The van der Waals surface area contributed by atoms with Gasteiger partial charge in [-0.1, -0.05) is 18.2 Å². The predicted octanol–water partition coefficient (Wildman–Crippen LogP) is 2.77. The zero-order chi connectivity index (χ0) is 17.2. The molecule has 1 N–H and O–H groups in total. The van der Waals surface area contributed by atoms with E-state index in [1.54, 1.807) is 23.1 Å². The highest BCUT2D eigenvalue weighted by Crippen LogP contribution is 2.16. The van der Waals surface area contributed by atoms with Gasteiger partial charge in [-0.05, 0) is 23.6 Å². The molecule has 0 radical (unpaired) electrons. The molecule has 24 heavy (non-hydrogen) atoms. The van der Waals surface area contributed by atoms with Gasteiger partial charge >= 0.3 is 5.97 Å². The average molecular weight is 363 g/mol. The highest BCUT2D eigenvalue weighted by molar-refractivity contribution is 7.98. The van der Waals surface area contributed by atoms with Crippen LogP contribution in [0.3, 0.4) is 0 Å². The number of ether oxygens (including phenoxy) is 1. The highest BCUT2D eigenvalue weighted by atomic mass is 32.2. The first-order valence-electron chi connectivity index (χ1n) is 7.28. The van der Waals surface area contributed by atoms with Crippen LogP contribution in [0.1, 0.15) is 25.6 Å². The molecule has 1 heterocycles. The van der Waals surface area contributed by atoms with E-state index in [-0.39, 0.29) is 12.5 Å². The molecular weight excluding hydrogens is 346 g/mol. The molecule has 0 aliphatic carbocycles. The maximum Gasteiger partial charge on any atom is 0.338 e. The summed E-state index contributed by atoms with van der Waals surface area (Å²) >= 11 is 3.45. The number of hydrogen-bond donors (Lipinski definition) is 1. The van der Waals surface area contributed by atoms with Crippen LogP contribution < -0.4 is 5.32 Å². The maximum atomic E-state index is 11.8. The summed E-state index contributed by atoms with van der Waals surface area (Å²) < 4.78 is 4.93. The van der Waals surface area contributed by atoms with E-state index in [4.69, 9.17) is 4.74 Å². The van der Waals surface area contributed by atoms with E-state index >= 15 is 0 Å². The molecule has 1 aromatic carbocycles. The van der Waals surface area contributed by atoms with Gasteiger partial charge in [0.1, 0.15) is 6.29 Å². The van der Waals surface area contributed by atoms with Gasteiger partial charge in [0.2, 0.25) is 0 Å². The lowest BCUT2D eigenvalue weighted by Gasteiger charge is -2.06. The molecule has 2 rings (SSSR count). The SMILES string of the molecule is O=Cc1ccc(C(=O)OCC(=O)NCCSCc2cccs2)cc1. The third-order valence-electron chi connectivity index (χ3n) is 3.01. The first-order valence-corrected chi connectivity index (χ1v) is 9.31. The average Bonchev–Trinajstić information content (AvgIpc) is 3.13. The van der Waals surface area contributed by atoms with Crippen molar-refractivity contribution >= 4 is 41.3 Å². The van der Waals surface area contributed by atoms with Gasteiger partial charge in [-0.3, -0.25) is 9.59 Å². The summed E-state index contributed by atoms with van der Waals surface area (Å²) in [6.45, 7) is 0.213. The summed E-state index contributed by atoms with van der Waals surface area (Å²) in [5.41, 5.74) is 0.782. The Balaban J connectivity index is 1.59. The van der Waals surface area contributed by atoms with Crippen LogP contribution in [0, 0.1) is 0 Å². The van der Waals surface area contributed by atoms with Crippen molar-refractivity contribution in [2.75, 3.05) is 18.9 Å². The van der Waals surface area contributed by atoms with Gasteiger partial charge < -0.3 is 10.1 Å². The number of carbonyl (C=O) groups excluding carboxylic acids is 3. The van der Waals surface area contributed by atoms with Crippen molar-refractivity contribution in [1.29, 1.82) is 0 Å². The molecule has 2 aromatic rings. The van der Waals surface area contributed by atoms with Crippen molar-refractivity contribution in [2.24, 2.45) is 0 Å². The second-order valence-electron chi connectivity index (χ2n) is 4.80. The quantitative estimate of drug-likeness (QED) is 0.421. The Bertz CT molecular complexity index is 668. The molecule has 0 atom stereocenters. The zero-order valence-corrected chi connectivity index (χ0v) is 14.5. The van der Waals surface area contributed by atoms with Crippen LogP contribution in [-0.4, -0.2) is 37.1 Å². The fourth-order valence-corrected chi connectivity index (χ4v) is 3.49. The van der Waals surface area contributed by atoms with Crippen LogP contribution in [0.5, 0.6) is 0 Å². The van der Waals surface area contributed by atoms with Gasteiger partial charge in [0.05, 0.1) is 5.56 Å². The lowest BCUT2D eigenvalue weighted by atomic mass is 10.1. The summed E-state index contributed by atoms with van der Waals surface area (Å²) in [7, 11) is 0. The van der Waals surface area contributed by atoms with Gasteiger partial charge in [0.25, 0.3) is 5.91 Å². The van der Waals surface area contributed by atoms with Crippen molar-refractivity contribution in [2.45, 2.75) is 5.75 Å². The normalized spacial score (nSPS) is 10.2. The Morgan fingerprint density at radius 2 is 2.00 bits per heavy atom. The van der Waals surface area contributed by atoms with Crippen molar-refractivity contribution in [3.63, 3.8) is 0 Å². The number of nitrogens with one attached hydrogen (secondary N) is 1. The van der Waals surface area contributed by atoms with Gasteiger partial charge in [-0.2, -0.15) is 11.8 Å². The number of thiophene rings is 1. The fraction of sp³-hybridized carbons (Fsp3) is 0.235. The number of hydrogen-bond acceptors (Lipinski definition) is 6.